The van der Waals surface area contributed by atoms with Gasteiger partial charge in [-0.25, -0.2) is 9.38 Å². The number of halogens is 2. The molecule has 0 bridgehead atoms. The number of benzene rings is 1. The Morgan fingerprint density at radius 2 is 1.78 bits per heavy atom. The molecule has 232 valence electrons. The molecule has 1 unspecified atom stereocenters. The Hall–Kier alpha value is -2.54. The van der Waals surface area contributed by atoms with Gasteiger partial charge in [0, 0.05) is 18.7 Å². The fourth-order valence-corrected chi connectivity index (χ4v) is 3.96. The zero-order valence-corrected chi connectivity index (χ0v) is 25.9. The number of aliphatic hydroxyl groups is 1. The second-order valence-corrected chi connectivity index (χ2v) is 8.28. The van der Waals surface area contributed by atoms with Crippen LogP contribution >= 0.6 is 11.6 Å². The number of anilines is 1. The van der Waals surface area contributed by atoms with Gasteiger partial charge in [0.1, 0.15) is 60.9 Å². The number of nitrogens with zero attached hydrogens (tertiary/aromatic N) is 2. The molecule has 3 heterocycles. The smallest absolute Gasteiger partial charge is 0.235 e. The van der Waals surface area contributed by atoms with Gasteiger partial charge in [-0.2, -0.15) is 4.98 Å². The molecular formula is C29H45ClFN3O7. The molecule has 12 heteroatoms. The number of aromatic nitrogens is 1. The van der Waals surface area contributed by atoms with Crippen LogP contribution in [0, 0.1) is 5.82 Å². The first-order valence-electron chi connectivity index (χ1n) is 14.0. The zero-order chi connectivity index (χ0) is 30.8. The van der Waals surface area contributed by atoms with E-state index in [2.05, 4.69) is 22.0 Å². The molecule has 0 radical (unpaired) electrons. The maximum atomic E-state index is 14.4. The van der Waals surface area contributed by atoms with Crippen molar-refractivity contribution in [1.82, 2.24) is 4.98 Å². The number of hydrogen-bond acceptors (Lipinski definition) is 10. The zero-order valence-electron chi connectivity index (χ0n) is 25.1. The van der Waals surface area contributed by atoms with E-state index in [1.807, 2.05) is 41.5 Å². The Morgan fingerprint density at radius 1 is 1.07 bits per heavy atom. The minimum absolute atomic E-state index is 0.0840. The van der Waals surface area contributed by atoms with Gasteiger partial charge in [-0.3, -0.25) is 0 Å². The quantitative estimate of drug-likeness (QED) is 0.177. The lowest BCUT2D eigenvalue weighted by atomic mass is 10.1. The van der Waals surface area contributed by atoms with Crippen LogP contribution in [-0.4, -0.2) is 81.5 Å². The van der Waals surface area contributed by atoms with E-state index in [0.29, 0.717) is 36.8 Å². The van der Waals surface area contributed by atoms with Crippen molar-refractivity contribution < 1.29 is 37.9 Å². The molecule has 10 nitrogen and oxygen atoms in total. The molecule has 2 aromatic rings. The monoisotopic (exact) mass is 601 g/mol. The molecule has 41 heavy (non-hydrogen) atoms. The average molecular weight is 602 g/mol. The minimum atomic E-state index is -0.644. The summed E-state index contributed by atoms with van der Waals surface area (Å²) in [5.41, 5.74) is 0.783. The fraction of sp³-hybridized carbons (Fsp3) is 0.586. The second-order valence-electron chi connectivity index (χ2n) is 7.88. The van der Waals surface area contributed by atoms with Crippen LogP contribution in [0.4, 0.5) is 15.9 Å². The van der Waals surface area contributed by atoms with Crippen molar-refractivity contribution in [3.05, 3.63) is 40.7 Å². The Morgan fingerprint density at radius 3 is 2.44 bits per heavy atom. The summed E-state index contributed by atoms with van der Waals surface area (Å²) in [6.45, 7) is 16.8. The average Bonchev–Trinajstić information content (AvgIpc) is 3.59. The maximum absolute atomic E-state index is 14.4. The Balaban J connectivity index is 0.00000131. The number of fused-ring (bicyclic) bond motifs is 1. The van der Waals surface area contributed by atoms with Crippen molar-refractivity contribution in [2.24, 2.45) is 4.99 Å². The lowest BCUT2D eigenvalue weighted by Gasteiger charge is -2.18. The number of aliphatic hydroxyl groups excluding tert-OH is 1. The SMILES string of the molecule is C=Nc1nc(OCc2ccc(OCCOC)cc2F)c(Cl)cc1NCO[C@@H]1CO[C@H]2C1OC[C@H]2O.CC.CC.CC. The van der Waals surface area contributed by atoms with Crippen molar-refractivity contribution in [2.45, 2.75) is 72.6 Å². The number of nitrogens with one attached hydrogen (secondary N) is 1. The maximum Gasteiger partial charge on any atom is 0.235 e. The summed E-state index contributed by atoms with van der Waals surface area (Å²) in [6.07, 6.45) is -1.65. The largest absolute Gasteiger partial charge is 0.491 e. The summed E-state index contributed by atoms with van der Waals surface area (Å²) >= 11 is 6.33. The van der Waals surface area contributed by atoms with E-state index >= 15 is 0 Å². The Labute approximate surface area is 248 Å². The van der Waals surface area contributed by atoms with Crippen LogP contribution in [0.5, 0.6) is 11.6 Å². The van der Waals surface area contributed by atoms with Gasteiger partial charge in [0.25, 0.3) is 0 Å². The van der Waals surface area contributed by atoms with E-state index in [1.165, 1.54) is 6.07 Å². The minimum Gasteiger partial charge on any atom is -0.491 e. The van der Waals surface area contributed by atoms with Gasteiger partial charge < -0.3 is 38.8 Å². The number of aliphatic imine (C=N–C) groups is 1. The topological polar surface area (TPSA) is 113 Å². The van der Waals surface area contributed by atoms with Gasteiger partial charge in [-0.1, -0.05) is 53.1 Å². The van der Waals surface area contributed by atoms with E-state index in [4.69, 9.17) is 40.0 Å². The van der Waals surface area contributed by atoms with Crippen LogP contribution < -0.4 is 14.8 Å². The third-order valence-electron chi connectivity index (χ3n) is 5.56. The first kappa shape index (κ1) is 36.5. The molecule has 2 aliphatic heterocycles. The van der Waals surface area contributed by atoms with E-state index in [0.717, 1.165) is 0 Å². The van der Waals surface area contributed by atoms with E-state index < -0.39 is 11.9 Å². The number of pyridine rings is 1. The summed E-state index contributed by atoms with van der Waals surface area (Å²) in [5, 5.41) is 13.1. The summed E-state index contributed by atoms with van der Waals surface area (Å²) in [5.74, 6) is 0.236. The molecule has 4 atom stereocenters. The summed E-state index contributed by atoms with van der Waals surface area (Å²) in [7, 11) is 1.56. The van der Waals surface area contributed by atoms with Crippen molar-refractivity contribution in [3.63, 3.8) is 0 Å². The van der Waals surface area contributed by atoms with Crippen LogP contribution in [0.3, 0.4) is 0 Å². The van der Waals surface area contributed by atoms with Gasteiger partial charge in [0.2, 0.25) is 5.88 Å². The predicted molar refractivity (Wildman–Crippen MR) is 159 cm³/mol. The highest BCUT2D eigenvalue weighted by atomic mass is 35.5. The Bertz CT molecular complexity index is 1030. The molecular weight excluding hydrogens is 557 g/mol. The molecule has 2 N–H and O–H groups in total. The van der Waals surface area contributed by atoms with Gasteiger partial charge >= 0.3 is 0 Å². The lowest BCUT2D eigenvalue weighted by Crippen LogP contribution is -2.33. The van der Waals surface area contributed by atoms with Crippen LogP contribution in [-0.2, 0) is 25.6 Å². The van der Waals surface area contributed by atoms with Crippen LogP contribution in [0.2, 0.25) is 5.02 Å². The lowest BCUT2D eigenvalue weighted by molar-refractivity contribution is -0.0311. The molecule has 1 aromatic carbocycles. The van der Waals surface area contributed by atoms with Crippen molar-refractivity contribution in [3.8, 4) is 11.6 Å². The number of hydrogen-bond donors (Lipinski definition) is 2. The molecule has 2 saturated heterocycles. The summed E-state index contributed by atoms with van der Waals surface area (Å²) < 4.78 is 47.2. The molecule has 0 aliphatic carbocycles. The second kappa shape index (κ2) is 20.4. The van der Waals surface area contributed by atoms with Crippen LogP contribution in [0.1, 0.15) is 47.1 Å². The van der Waals surface area contributed by atoms with E-state index in [1.54, 1.807) is 25.3 Å². The highest BCUT2D eigenvalue weighted by Gasteiger charge is 2.47. The van der Waals surface area contributed by atoms with Gasteiger partial charge in [0.15, 0.2) is 5.82 Å². The molecule has 2 aliphatic rings. The first-order chi connectivity index (χ1) is 20.0. The fourth-order valence-electron chi connectivity index (χ4n) is 3.75. The molecule has 4 rings (SSSR count). The predicted octanol–water partition coefficient (Wildman–Crippen LogP) is 5.80. The molecule has 0 amide bonds. The van der Waals surface area contributed by atoms with Crippen molar-refractivity contribution in [2.75, 3.05) is 45.6 Å². The molecule has 0 saturated carbocycles. The van der Waals surface area contributed by atoms with Gasteiger partial charge in [-0.05, 0) is 24.9 Å². The molecule has 0 spiro atoms. The van der Waals surface area contributed by atoms with Crippen molar-refractivity contribution in [1.29, 1.82) is 0 Å². The summed E-state index contributed by atoms with van der Waals surface area (Å²) in [6, 6.07) is 6.06. The third kappa shape index (κ3) is 10.7. The van der Waals surface area contributed by atoms with Crippen molar-refractivity contribution >= 4 is 29.8 Å². The standard InChI is InChI=1S/C23H27ClFN3O7.3C2H6/c1-26-22-17(27-12-35-19-11-33-20-18(29)10-32-21(19)20)8-15(24)23(28-22)34-9-13-3-4-14(7-16(13)25)31-6-5-30-2;3*1-2/h3-4,7-8,18-21,27,29H,1,5-6,9-12H2,2H3;3*1-2H3/t18-,19-,20-,21?;;;/m1.../s1. The van der Waals surface area contributed by atoms with Gasteiger partial charge in [0.05, 0.1) is 25.5 Å². The highest BCUT2D eigenvalue weighted by Crippen LogP contribution is 2.34. The van der Waals surface area contributed by atoms with Crippen LogP contribution in [0.15, 0.2) is 29.3 Å². The van der Waals surface area contributed by atoms with Gasteiger partial charge in [-0.15, -0.1) is 0 Å². The van der Waals surface area contributed by atoms with E-state index in [-0.39, 0.29) is 55.0 Å². The van der Waals surface area contributed by atoms with E-state index in [9.17, 15) is 9.50 Å². The highest BCUT2D eigenvalue weighted by molar-refractivity contribution is 6.32. The number of methoxy groups -OCH3 is 1. The van der Waals surface area contributed by atoms with Crippen LogP contribution in [0.25, 0.3) is 0 Å². The number of ether oxygens (including phenoxy) is 6. The normalized spacial score (nSPS) is 20.2. The summed E-state index contributed by atoms with van der Waals surface area (Å²) in [4.78, 5) is 8.18. The molecule has 1 aromatic heterocycles. The Kier molecular flexibility index (Phi) is 18.1. The number of rotatable bonds is 12. The molecule has 2 fully saturated rings. The third-order valence-corrected chi connectivity index (χ3v) is 5.83. The first-order valence-corrected chi connectivity index (χ1v) is 14.3.